The van der Waals surface area contributed by atoms with Gasteiger partial charge in [-0.05, 0) is 30.0 Å². The number of aromatic nitrogens is 2. The van der Waals surface area contributed by atoms with E-state index >= 15 is 0 Å². The molecule has 0 bridgehead atoms. The summed E-state index contributed by atoms with van der Waals surface area (Å²) in [5.74, 6) is 0.759. The van der Waals surface area contributed by atoms with Gasteiger partial charge in [0, 0.05) is 45.3 Å². The van der Waals surface area contributed by atoms with Crippen LogP contribution in [-0.2, 0) is 16.1 Å². The standard InChI is InChI=1S/C24H32N6O3/c31-22-8-10-29(24(33)26-22)21-15-25-30-11-7-19(14-20(21)30)16-27-12-13-28(23(32)17-27)9-6-18-4-2-1-3-5-18/h7,11,14-15,18H,1-6,8-10,12-13,16-17H2,(H,26,31,33). The molecule has 3 fully saturated rings. The smallest absolute Gasteiger partial charge is 0.328 e. The average Bonchev–Trinajstić information content (AvgIpc) is 3.22. The maximum atomic E-state index is 12.8. The maximum Gasteiger partial charge on any atom is 0.328 e. The van der Waals surface area contributed by atoms with Crippen LogP contribution in [0.2, 0.25) is 0 Å². The van der Waals surface area contributed by atoms with Crippen molar-refractivity contribution < 1.29 is 14.4 Å². The molecule has 1 aliphatic carbocycles. The summed E-state index contributed by atoms with van der Waals surface area (Å²) >= 11 is 0. The van der Waals surface area contributed by atoms with Crippen LogP contribution < -0.4 is 10.2 Å². The number of nitrogens with one attached hydrogen (secondary N) is 1. The van der Waals surface area contributed by atoms with E-state index in [9.17, 15) is 14.4 Å². The Morgan fingerprint density at radius 1 is 1.06 bits per heavy atom. The van der Waals surface area contributed by atoms with Crippen LogP contribution in [0.4, 0.5) is 10.5 Å². The van der Waals surface area contributed by atoms with E-state index < -0.39 is 6.03 Å². The number of nitrogens with zero attached hydrogens (tertiary/aromatic N) is 5. The monoisotopic (exact) mass is 452 g/mol. The van der Waals surface area contributed by atoms with Crippen molar-refractivity contribution in [1.29, 1.82) is 0 Å². The highest BCUT2D eigenvalue weighted by Gasteiger charge is 2.28. The minimum atomic E-state index is -0.415. The third-order valence-electron chi connectivity index (χ3n) is 7.25. The molecule has 4 amide bonds. The largest absolute Gasteiger partial charge is 0.340 e. The fourth-order valence-corrected chi connectivity index (χ4v) is 5.31. The number of hydrogen-bond donors (Lipinski definition) is 1. The van der Waals surface area contributed by atoms with Crippen LogP contribution in [0, 0.1) is 5.92 Å². The first-order valence-corrected chi connectivity index (χ1v) is 12.1. The van der Waals surface area contributed by atoms with Gasteiger partial charge >= 0.3 is 6.03 Å². The second-order valence-electron chi connectivity index (χ2n) is 9.53. The topological polar surface area (TPSA) is 90.3 Å². The van der Waals surface area contributed by atoms with Gasteiger partial charge in [-0.2, -0.15) is 5.10 Å². The van der Waals surface area contributed by atoms with E-state index in [1.165, 1.54) is 32.1 Å². The summed E-state index contributed by atoms with van der Waals surface area (Å²) in [4.78, 5) is 42.3. The van der Waals surface area contributed by atoms with Gasteiger partial charge in [0.1, 0.15) is 0 Å². The van der Waals surface area contributed by atoms with Gasteiger partial charge < -0.3 is 4.90 Å². The van der Waals surface area contributed by atoms with E-state index in [-0.39, 0.29) is 18.2 Å². The molecule has 1 N–H and O–H groups in total. The summed E-state index contributed by atoms with van der Waals surface area (Å²) in [6.07, 6.45) is 11.6. The quantitative estimate of drug-likeness (QED) is 0.727. The van der Waals surface area contributed by atoms with Gasteiger partial charge in [0.25, 0.3) is 0 Å². The first kappa shape index (κ1) is 21.9. The SMILES string of the molecule is O=C1CCN(c2cnn3ccc(CN4CCN(CCC5CCCCC5)C(=O)C4)cc23)C(=O)N1. The highest BCUT2D eigenvalue weighted by atomic mass is 16.2. The highest BCUT2D eigenvalue weighted by Crippen LogP contribution is 2.27. The summed E-state index contributed by atoms with van der Waals surface area (Å²) in [5, 5.41) is 6.72. The minimum Gasteiger partial charge on any atom is -0.340 e. The van der Waals surface area contributed by atoms with Gasteiger partial charge in [-0.25, -0.2) is 9.31 Å². The van der Waals surface area contributed by atoms with Crippen molar-refractivity contribution >= 4 is 29.0 Å². The van der Waals surface area contributed by atoms with Crippen molar-refractivity contribution in [3.8, 4) is 0 Å². The van der Waals surface area contributed by atoms with Crippen LogP contribution >= 0.6 is 0 Å². The van der Waals surface area contributed by atoms with Crippen LogP contribution in [0.1, 0.15) is 50.5 Å². The molecule has 0 spiro atoms. The van der Waals surface area contributed by atoms with E-state index in [4.69, 9.17) is 0 Å². The van der Waals surface area contributed by atoms with Crippen molar-refractivity contribution in [2.45, 2.75) is 51.5 Å². The molecule has 4 heterocycles. The first-order chi connectivity index (χ1) is 16.1. The molecular formula is C24H32N6O3. The number of carbonyl (C=O) groups is 3. The van der Waals surface area contributed by atoms with E-state index in [2.05, 4.69) is 15.3 Å². The number of carbonyl (C=O) groups excluding carboxylic acids is 3. The lowest BCUT2D eigenvalue weighted by atomic mass is 9.87. The summed E-state index contributed by atoms with van der Waals surface area (Å²) in [6, 6.07) is 3.61. The Hall–Kier alpha value is -2.94. The molecule has 0 atom stereocenters. The van der Waals surface area contributed by atoms with Gasteiger partial charge in [0.15, 0.2) is 0 Å². The number of urea groups is 1. The zero-order valence-electron chi connectivity index (χ0n) is 19.0. The van der Waals surface area contributed by atoms with Crippen molar-refractivity contribution in [2.75, 3.05) is 37.6 Å². The summed E-state index contributed by atoms with van der Waals surface area (Å²) in [5.41, 5.74) is 2.57. The Balaban J connectivity index is 1.20. The van der Waals surface area contributed by atoms with Gasteiger partial charge in [-0.15, -0.1) is 0 Å². The number of anilines is 1. The molecule has 2 aliphatic heterocycles. The molecule has 9 heteroatoms. The average molecular weight is 453 g/mol. The zero-order chi connectivity index (χ0) is 22.8. The molecule has 2 aromatic heterocycles. The molecule has 1 saturated carbocycles. The second-order valence-corrected chi connectivity index (χ2v) is 9.53. The second kappa shape index (κ2) is 9.51. The number of hydrogen-bond acceptors (Lipinski definition) is 5. The lowest BCUT2D eigenvalue weighted by molar-refractivity contribution is -0.136. The highest BCUT2D eigenvalue weighted by molar-refractivity contribution is 6.07. The van der Waals surface area contributed by atoms with Crippen LogP contribution in [-0.4, -0.2) is 70.0 Å². The Bertz CT molecular complexity index is 1040. The lowest BCUT2D eigenvalue weighted by Gasteiger charge is -2.35. The third kappa shape index (κ3) is 4.88. The van der Waals surface area contributed by atoms with Crippen molar-refractivity contribution in [3.05, 3.63) is 30.1 Å². The van der Waals surface area contributed by atoms with Gasteiger partial charge in [0.2, 0.25) is 11.8 Å². The summed E-state index contributed by atoms with van der Waals surface area (Å²) in [6.45, 7) is 4.00. The van der Waals surface area contributed by atoms with Gasteiger partial charge in [-0.1, -0.05) is 32.1 Å². The van der Waals surface area contributed by atoms with Crippen molar-refractivity contribution in [3.63, 3.8) is 0 Å². The fraction of sp³-hybridized carbons (Fsp3) is 0.583. The lowest BCUT2D eigenvalue weighted by Crippen LogP contribution is -2.50. The maximum absolute atomic E-state index is 12.8. The molecule has 0 radical (unpaired) electrons. The number of pyridine rings is 1. The van der Waals surface area contributed by atoms with E-state index in [0.717, 1.165) is 43.1 Å². The van der Waals surface area contributed by atoms with Gasteiger partial charge in [0.05, 0.1) is 23.9 Å². The zero-order valence-corrected chi connectivity index (χ0v) is 19.0. The molecule has 9 nitrogen and oxygen atoms in total. The van der Waals surface area contributed by atoms with Gasteiger partial charge in [-0.3, -0.25) is 24.7 Å². The van der Waals surface area contributed by atoms with Crippen LogP contribution in [0.3, 0.4) is 0 Å². The fourth-order valence-electron chi connectivity index (χ4n) is 5.31. The Morgan fingerprint density at radius 3 is 2.70 bits per heavy atom. The van der Waals surface area contributed by atoms with E-state index in [1.807, 2.05) is 23.2 Å². The number of imide groups is 1. The Kier molecular flexibility index (Phi) is 6.30. The molecule has 3 aliphatic rings. The molecule has 176 valence electrons. The van der Waals surface area contributed by atoms with Crippen LogP contribution in [0.15, 0.2) is 24.5 Å². The normalized spacial score (nSPS) is 21.2. The number of fused-ring (bicyclic) bond motifs is 1. The Labute approximate surface area is 193 Å². The molecule has 2 aromatic rings. The van der Waals surface area contributed by atoms with E-state index in [0.29, 0.717) is 25.3 Å². The summed E-state index contributed by atoms with van der Waals surface area (Å²) < 4.78 is 1.73. The molecule has 5 rings (SSSR count). The molecular weight excluding hydrogens is 420 g/mol. The molecule has 33 heavy (non-hydrogen) atoms. The predicted octanol–water partition coefficient (Wildman–Crippen LogP) is 2.40. The van der Waals surface area contributed by atoms with Crippen molar-refractivity contribution in [2.24, 2.45) is 5.92 Å². The number of amides is 4. The predicted molar refractivity (Wildman–Crippen MR) is 124 cm³/mol. The first-order valence-electron chi connectivity index (χ1n) is 12.1. The van der Waals surface area contributed by atoms with Crippen LogP contribution in [0.5, 0.6) is 0 Å². The van der Waals surface area contributed by atoms with Crippen molar-refractivity contribution in [1.82, 2.24) is 24.7 Å². The molecule has 2 saturated heterocycles. The number of rotatable bonds is 6. The summed E-state index contributed by atoms with van der Waals surface area (Å²) in [7, 11) is 0. The number of piperazine rings is 1. The Morgan fingerprint density at radius 2 is 1.91 bits per heavy atom. The minimum absolute atomic E-state index is 0.220. The molecule has 0 unspecified atom stereocenters. The van der Waals surface area contributed by atoms with Crippen LogP contribution in [0.25, 0.3) is 5.52 Å². The molecule has 0 aromatic carbocycles. The third-order valence-corrected chi connectivity index (χ3v) is 7.25. The van der Waals surface area contributed by atoms with E-state index in [1.54, 1.807) is 15.6 Å².